The number of thioether (sulfide) groups is 1. The molecule has 1 saturated heterocycles. The highest BCUT2D eigenvalue weighted by atomic mass is 32.2. The number of hydrogen-bond donors (Lipinski definition) is 1. The third-order valence-electron chi connectivity index (χ3n) is 7.80. The summed E-state index contributed by atoms with van der Waals surface area (Å²) in [6, 6.07) is 3.91. The Labute approximate surface area is 235 Å². The van der Waals surface area contributed by atoms with Gasteiger partial charge in [-0.2, -0.15) is 0 Å². The summed E-state index contributed by atoms with van der Waals surface area (Å²) in [4.78, 5) is 11.8. The van der Waals surface area contributed by atoms with Crippen molar-refractivity contribution in [2.24, 2.45) is 0 Å². The van der Waals surface area contributed by atoms with Crippen molar-refractivity contribution in [1.82, 2.24) is 25.0 Å². The largest absolute Gasteiger partial charge is 0.394 e. The van der Waals surface area contributed by atoms with Crippen LogP contribution in [0, 0.1) is 11.6 Å². The first-order valence-electron chi connectivity index (χ1n) is 13.7. The molecular formula is C27H34F2N6O4S. The van der Waals surface area contributed by atoms with Crippen molar-refractivity contribution in [2.75, 3.05) is 30.9 Å². The molecule has 6 rings (SSSR count). The van der Waals surface area contributed by atoms with Crippen LogP contribution in [-0.2, 0) is 14.2 Å². The molecule has 0 bridgehead atoms. The molecule has 6 atom stereocenters. The van der Waals surface area contributed by atoms with E-state index in [1.807, 2.05) is 25.8 Å². The average Bonchev–Trinajstić information content (AvgIpc) is 3.38. The van der Waals surface area contributed by atoms with Crippen LogP contribution in [0.4, 0.5) is 14.6 Å². The summed E-state index contributed by atoms with van der Waals surface area (Å²) in [5.74, 6) is -0.912. The van der Waals surface area contributed by atoms with Crippen LogP contribution in [0.25, 0.3) is 11.2 Å². The van der Waals surface area contributed by atoms with Crippen molar-refractivity contribution in [3.05, 3.63) is 35.4 Å². The Hall–Kier alpha value is -2.45. The third-order valence-corrected chi connectivity index (χ3v) is 8.85. The second-order valence-electron chi connectivity index (χ2n) is 11.1. The van der Waals surface area contributed by atoms with Gasteiger partial charge in [-0.25, -0.2) is 23.4 Å². The minimum Gasteiger partial charge on any atom is -0.394 e. The summed E-state index contributed by atoms with van der Waals surface area (Å²) in [5.41, 5.74) is 1.92. The van der Waals surface area contributed by atoms with Crippen LogP contribution in [0.5, 0.6) is 0 Å². The molecule has 216 valence electrons. The Morgan fingerprint density at radius 2 is 1.98 bits per heavy atom. The van der Waals surface area contributed by atoms with Gasteiger partial charge in [-0.3, -0.25) is 0 Å². The molecule has 2 aromatic heterocycles. The zero-order valence-corrected chi connectivity index (χ0v) is 23.8. The lowest BCUT2D eigenvalue weighted by atomic mass is 10.1. The molecule has 3 aliphatic rings. The van der Waals surface area contributed by atoms with E-state index < -0.39 is 17.4 Å². The fraction of sp³-hybridized carbons (Fsp3) is 0.630. The number of nitrogens with zero attached hydrogens (tertiary/aromatic N) is 6. The highest BCUT2D eigenvalue weighted by molar-refractivity contribution is 7.99. The summed E-state index contributed by atoms with van der Waals surface area (Å²) >= 11 is 1.57. The van der Waals surface area contributed by atoms with Crippen molar-refractivity contribution < 1.29 is 28.1 Å². The molecule has 0 unspecified atom stereocenters. The Morgan fingerprint density at radius 1 is 1.18 bits per heavy atom. The molecule has 2 aliphatic carbocycles. The number of likely N-dealkylation sites (N-methyl/N-ethyl adjacent to an activating group) is 1. The van der Waals surface area contributed by atoms with Crippen LogP contribution in [-0.4, -0.2) is 86.2 Å². The van der Waals surface area contributed by atoms with Gasteiger partial charge in [0.2, 0.25) is 0 Å². The minimum absolute atomic E-state index is 0.0524. The number of ether oxygens (including phenoxy) is 3. The van der Waals surface area contributed by atoms with Crippen LogP contribution in [0.1, 0.15) is 57.6 Å². The smallest absolute Gasteiger partial charge is 0.191 e. The predicted octanol–water partition coefficient (Wildman–Crippen LogP) is 3.84. The van der Waals surface area contributed by atoms with Gasteiger partial charge in [0.05, 0.1) is 25.4 Å². The highest BCUT2D eigenvalue weighted by Gasteiger charge is 2.56. The molecule has 3 aromatic rings. The Balaban J connectivity index is 1.34. The van der Waals surface area contributed by atoms with Gasteiger partial charge < -0.3 is 24.2 Å². The van der Waals surface area contributed by atoms with Crippen molar-refractivity contribution >= 4 is 28.7 Å². The van der Waals surface area contributed by atoms with Crippen LogP contribution in [0.15, 0.2) is 23.4 Å². The lowest BCUT2D eigenvalue weighted by Crippen LogP contribution is -2.31. The summed E-state index contributed by atoms with van der Waals surface area (Å²) in [5, 5.41) is 19.0. The summed E-state index contributed by atoms with van der Waals surface area (Å²) in [7, 11) is 1.94. The van der Waals surface area contributed by atoms with Gasteiger partial charge in [0.15, 0.2) is 39.6 Å². The molecular weight excluding hydrogens is 542 g/mol. The van der Waals surface area contributed by atoms with Crippen LogP contribution >= 0.6 is 11.8 Å². The second kappa shape index (κ2) is 10.8. The number of aliphatic hydroxyl groups is 1. The molecule has 1 aliphatic heterocycles. The highest BCUT2D eigenvalue weighted by Crippen LogP contribution is 2.48. The zero-order chi connectivity index (χ0) is 28.2. The Bertz CT molecular complexity index is 1390. The fourth-order valence-corrected chi connectivity index (χ4v) is 6.59. The standard InChI is InChI=1S/C27H34F2N6O4S/c1-5-10-40-26-30-24(34(4)18-12-15(18)14-6-7-16(28)17(29)11-14)21-25(31-26)35(33-32-21)19-13-20(37-9-8-36)23-22(19)38-27(2,3)39-23/h6-7,11,15,18-20,22-23,36H,5,8-10,12-13H2,1-4H3/t15-,18+,19+,20-,22-,23+/m0/s1. The maximum atomic E-state index is 13.9. The zero-order valence-electron chi connectivity index (χ0n) is 23.0. The molecule has 0 spiro atoms. The maximum Gasteiger partial charge on any atom is 0.191 e. The van der Waals surface area contributed by atoms with Gasteiger partial charge in [-0.1, -0.05) is 30.0 Å². The molecule has 13 heteroatoms. The summed E-state index contributed by atoms with van der Waals surface area (Å²) < 4.78 is 47.6. The number of anilines is 1. The van der Waals surface area contributed by atoms with Crippen LogP contribution in [0.2, 0.25) is 0 Å². The van der Waals surface area contributed by atoms with Crippen molar-refractivity contribution in [1.29, 1.82) is 0 Å². The van der Waals surface area contributed by atoms with Gasteiger partial charge in [0.1, 0.15) is 12.2 Å². The lowest BCUT2D eigenvalue weighted by Gasteiger charge is -2.24. The molecule has 2 saturated carbocycles. The van der Waals surface area contributed by atoms with E-state index in [1.165, 1.54) is 12.1 Å². The van der Waals surface area contributed by atoms with Gasteiger partial charge >= 0.3 is 0 Å². The average molecular weight is 577 g/mol. The normalized spacial score (nSPS) is 28.8. The molecule has 3 fully saturated rings. The topological polar surface area (TPSA) is 108 Å². The first-order valence-corrected chi connectivity index (χ1v) is 14.7. The van der Waals surface area contributed by atoms with E-state index in [1.54, 1.807) is 22.5 Å². The summed E-state index contributed by atoms with van der Waals surface area (Å²) in [6.07, 6.45) is 1.41. The first kappa shape index (κ1) is 27.7. The number of aromatic nitrogens is 5. The lowest BCUT2D eigenvalue weighted by molar-refractivity contribution is -0.171. The number of fused-ring (bicyclic) bond motifs is 2. The quantitative estimate of drug-likeness (QED) is 0.283. The van der Waals surface area contributed by atoms with E-state index in [4.69, 9.17) is 24.2 Å². The van der Waals surface area contributed by atoms with Crippen molar-refractivity contribution in [2.45, 2.75) is 87.3 Å². The van der Waals surface area contributed by atoms with Gasteiger partial charge in [0.25, 0.3) is 0 Å². The molecule has 1 aromatic carbocycles. The predicted molar refractivity (Wildman–Crippen MR) is 144 cm³/mol. The van der Waals surface area contributed by atoms with Gasteiger partial charge in [-0.15, -0.1) is 5.10 Å². The maximum absolute atomic E-state index is 13.9. The monoisotopic (exact) mass is 576 g/mol. The fourth-order valence-electron chi connectivity index (χ4n) is 5.91. The second-order valence-corrected chi connectivity index (χ2v) is 12.1. The molecule has 0 radical (unpaired) electrons. The van der Waals surface area contributed by atoms with E-state index >= 15 is 0 Å². The molecule has 1 N–H and O–H groups in total. The van der Waals surface area contributed by atoms with Gasteiger partial charge in [-0.05, 0) is 44.4 Å². The summed E-state index contributed by atoms with van der Waals surface area (Å²) in [6.45, 7) is 5.98. The number of rotatable bonds is 10. The number of aliphatic hydroxyl groups excluding tert-OH is 1. The van der Waals surface area contributed by atoms with Crippen LogP contribution in [0.3, 0.4) is 0 Å². The first-order chi connectivity index (χ1) is 19.2. The Morgan fingerprint density at radius 3 is 2.73 bits per heavy atom. The Kier molecular flexibility index (Phi) is 7.45. The number of hydrogen-bond acceptors (Lipinski definition) is 10. The number of benzene rings is 1. The minimum atomic E-state index is -0.848. The SMILES string of the molecule is CCCSc1nc(N(C)[C@@H]2C[C@H]2c2ccc(F)c(F)c2)c2nnn([C@@H]3C[C@H](OCCO)[C@H]4OC(C)(C)O[C@H]43)c2n1. The van der Waals surface area contributed by atoms with E-state index in [2.05, 4.69) is 17.2 Å². The number of halogens is 2. The van der Waals surface area contributed by atoms with E-state index in [9.17, 15) is 13.9 Å². The van der Waals surface area contributed by atoms with E-state index in [-0.39, 0.29) is 49.5 Å². The molecule has 10 nitrogen and oxygen atoms in total. The van der Waals surface area contributed by atoms with Crippen molar-refractivity contribution in [3.63, 3.8) is 0 Å². The van der Waals surface area contributed by atoms with Crippen molar-refractivity contribution in [3.8, 4) is 0 Å². The third kappa shape index (κ3) is 5.06. The molecule has 40 heavy (non-hydrogen) atoms. The van der Waals surface area contributed by atoms with E-state index in [0.29, 0.717) is 28.6 Å². The molecule has 0 amide bonds. The van der Waals surface area contributed by atoms with E-state index in [0.717, 1.165) is 24.2 Å². The molecule has 3 heterocycles. The van der Waals surface area contributed by atoms with Crippen LogP contribution < -0.4 is 4.90 Å². The van der Waals surface area contributed by atoms with Gasteiger partial charge in [0, 0.05) is 31.2 Å².